The summed E-state index contributed by atoms with van der Waals surface area (Å²) in [7, 11) is 0. The van der Waals surface area contributed by atoms with Crippen LogP contribution in [0.15, 0.2) is 60.7 Å². The monoisotopic (exact) mass is 579 g/mol. The zero-order valence-electron chi connectivity index (χ0n) is 22.4. The number of urea groups is 1. The van der Waals surface area contributed by atoms with Gasteiger partial charge in [-0.1, -0.05) is 49.2 Å². The van der Waals surface area contributed by atoms with Crippen molar-refractivity contribution in [1.82, 2.24) is 5.32 Å². The summed E-state index contributed by atoms with van der Waals surface area (Å²) in [5, 5.41) is 20.1. The number of benzene rings is 3. The third kappa shape index (κ3) is 10.1. The molecular weight excluding hydrogens is 552 g/mol. The van der Waals surface area contributed by atoms with Gasteiger partial charge in [0.2, 0.25) is 0 Å². The third-order valence-corrected chi connectivity index (χ3v) is 6.05. The van der Waals surface area contributed by atoms with Crippen molar-refractivity contribution in [2.24, 2.45) is 0 Å². The van der Waals surface area contributed by atoms with Gasteiger partial charge in [-0.15, -0.1) is 0 Å². The van der Waals surface area contributed by atoms with Gasteiger partial charge in [0, 0.05) is 22.8 Å². The fraction of sp³-hybridized carbons (Fsp3) is 0.250. The number of aromatic carboxylic acids is 1. The van der Waals surface area contributed by atoms with Gasteiger partial charge in [0.15, 0.2) is 0 Å². The van der Waals surface area contributed by atoms with E-state index in [4.69, 9.17) is 32.7 Å². The van der Waals surface area contributed by atoms with Crippen molar-refractivity contribution in [3.05, 3.63) is 87.4 Å². The van der Waals surface area contributed by atoms with Crippen LogP contribution in [0.4, 0.5) is 16.2 Å². The Balaban J connectivity index is 0.00000560. The number of nitrogens with one attached hydrogen (secondary N) is 3. The smallest absolute Gasteiger partial charge is 0.545 e. The molecule has 3 aromatic carbocycles. The van der Waals surface area contributed by atoms with Crippen molar-refractivity contribution in [3.8, 4) is 5.75 Å². The maximum atomic E-state index is 12.5. The predicted molar refractivity (Wildman–Crippen MR) is 149 cm³/mol. The number of halogens is 2. The van der Waals surface area contributed by atoms with Gasteiger partial charge in [-0.3, -0.25) is 4.79 Å². The molecule has 40 heavy (non-hydrogen) atoms. The third-order valence-electron chi connectivity index (χ3n) is 5.50. The number of carboxylic acids is 1. The van der Waals surface area contributed by atoms with Crippen LogP contribution in [-0.2, 0) is 4.74 Å². The molecule has 9 nitrogen and oxygen atoms in total. The van der Waals surface area contributed by atoms with E-state index in [1.54, 1.807) is 0 Å². The van der Waals surface area contributed by atoms with Crippen molar-refractivity contribution in [3.63, 3.8) is 0 Å². The molecule has 0 fully saturated rings. The topological polar surface area (TPSA) is 129 Å². The van der Waals surface area contributed by atoms with Crippen molar-refractivity contribution in [1.29, 1.82) is 0 Å². The molecule has 0 aliphatic rings. The van der Waals surface area contributed by atoms with E-state index >= 15 is 0 Å². The Kier molecular flexibility index (Phi) is 13.3. The van der Waals surface area contributed by atoms with Gasteiger partial charge in [-0.25, -0.2) is 4.79 Å². The first-order chi connectivity index (χ1) is 18.6. The SMILES string of the molecule is CC(C)c1ccc(NC(=O)NCCOCCOc2ccc(NC(=O)c3ccc(Cl)cc3Cl)c(C(=O)[O-])c2)cc1.[Li+]. The van der Waals surface area contributed by atoms with E-state index in [-0.39, 0.29) is 78.8 Å². The molecule has 3 aromatic rings. The molecule has 3 amide bonds. The summed E-state index contributed by atoms with van der Waals surface area (Å²) in [6.07, 6.45) is 0. The molecule has 0 spiro atoms. The fourth-order valence-corrected chi connectivity index (χ4v) is 3.93. The average Bonchev–Trinajstić information content (AvgIpc) is 2.88. The second-order valence-corrected chi connectivity index (χ2v) is 9.54. The molecule has 0 atom stereocenters. The minimum atomic E-state index is -1.49. The van der Waals surface area contributed by atoms with Crippen LogP contribution in [0.1, 0.15) is 46.0 Å². The van der Waals surface area contributed by atoms with Gasteiger partial charge >= 0.3 is 24.9 Å². The van der Waals surface area contributed by atoms with Crippen molar-refractivity contribution in [2.45, 2.75) is 19.8 Å². The molecule has 206 valence electrons. The van der Waals surface area contributed by atoms with E-state index in [9.17, 15) is 19.5 Å². The standard InChI is InChI=1S/C28H29Cl2N3O6.Li/c1-17(2)18-3-6-20(7-4-18)32-28(37)31-11-12-38-13-14-39-21-8-10-25(23(16-21)27(35)36)33-26(34)22-9-5-19(29)15-24(22)30;/h3-10,15-17H,11-14H2,1-2H3,(H,33,34)(H,35,36)(H2,31,32,37);/q;+1/p-1. The molecule has 0 aromatic heterocycles. The largest absolute Gasteiger partial charge is 1.00 e. The Morgan fingerprint density at radius 1 is 0.875 bits per heavy atom. The van der Waals surface area contributed by atoms with Gasteiger partial charge in [-0.05, 0) is 60.0 Å². The van der Waals surface area contributed by atoms with Crippen LogP contribution in [0.2, 0.25) is 10.0 Å². The molecule has 0 aliphatic heterocycles. The summed E-state index contributed by atoms with van der Waals surface area (Å²) in [6.45, 7) is 5.08. The minimum Gasteiger partial charge on any atom is -0.545 e. The Labute approximate surface area is 254 Å². The maximum Gasteiger partial charge on any atom is 1.00 e. The normalized spacial score (nSPS) is 10.4. The molecule has 0 saturated heterocycles. The molecule has 0 aliphatic carbocycles. The van der Waals surface area contributed by atoms with Crippen LogP contribution < -0.4 is 44.7 Å². The number of hydrogen-bond donors (Lipinski definition) is 3. The molecule has 0 saturated carbocycles. The summed E-state index contributed by atoms with van der Waals surface area (Å²) >= 11 is 11.9. The zero-order valence-corrected chi connectivity index (χ0v) is 23.9. The number of anilines is 2. The summed E-state index contributed by atoms with van der Waals surface area (Å²) in [5.74, 6) is -1.43. The van der Waals surface area contributed by atoms with Gasteiger partial charge < -0.3 is 35.3 Å². The summed E-state index contributed by atoms with van der Waals surface area (Å²) in [4.78, 5) is 36.2. The molecule has 3 N–H and O–H groups in total. The number of carbonyl (C=O) groups excluding carboxylic acids is 3. The van der Waals surface area contributed by atoms with Crippen LogP contribution in [0.25, 0.3) is 0 Å². The second kappa shape index (κ2) is 16.2. The number of carboxylic acid groups (broad SMARTS) is 1. The van der Waals surface area contributed by atoms with Crippen LogP contribution >= 0.6 is 23.2 Å². The molecular formula is C28H28Cl2LiN3O6. The second-order valence-electron chi connectivity index (χ2n) is 8.69. The molecule has 3 rings (SSSR count). The van der Waals surface area contributed by atoms with Crippen LogP contribution in [-0.4, -0.2) is 44.3 Å². The molecule has 0 bridgehead atoms. The predicted octanol–water partition coefficient (Wildman–Crippen LogP) is 1.95. The number of hydrogen-bond acceptors (Lipinski definition) is 6. The van der Waals surface area contributed by atoms with E-state index in [1.807, 2.05) is 24.3 Å². The molecule has 0 unspecified atom stereocenters. The Morgan fingerprint density at radius 3 is 2.25 bits per heavy atom. The first-order valence-electron chi connectivity index (χ1n) is 12.1. The van der Waals surface area contributed by atoms with Gasteiger partial charge in [0.25, 0.3) is 5.91 Å². The van der Waals surface area contributed by atoms with Crippen LogP contribution in [0.5, 0.6) is 5.75 Å². The van der Waals surface area contributed by atoms with Crippen LogP contribution in [0.3, 0.4) is 0 Å². The van der Waals surface area contributed by atoms with Crippen molar-refractivity contribution in [2.75, 3.05) is 37.0 Å². The summed E-state index contributed by atoms with van der Waals surface area (Å²) < 4.78 is 11.0. The Hall–Kier alpha value is -3.19. The first-order valence-corrected chi connectivity index (χ1v) is 12.9. The fourth-order valence-electron chi connectivity index (χ4n) is 3.44. The van der Waals surface area contributed by atoms with Crippen molar-refractivity contribution < 1.29 is 47.8 Å². The number of carbonyl (C=O) groups is 3. The molecule has 0 heterocycles. The van der Waals surface area contributed by atoms with E-state index in [2.05, 4.69) is 29.8 Å². The van der Waals surface area contributed by atoms with E-state index in [0.29, 0.717) is 16.6 Å². The van der Waals surface area contributed by atoms with E-state index < -0.39 is 11.9 Å². The number of amides is 3. The van der Waals surface area contributed by atoms with Crippen molar-refractivity contribution >= 4 is 52.5 Å². The minimum absolute atomic E-state index is 0. The molecule has 12 heteroatoms. The van der Waals surface area contributed by atoms with E-state index in [1.165, 1.54) is 42.0 Å². The maximum absolute atomic E-state index is 12.5. The summed E-state index contributed by atoms with van der Waals surface area (Å²) in [5.41, 5.74) is 1.78. The van der Waals surface area contributed by atoms with Gasteiger partial charge in [0.1, 0.15) is 12.4 Å². The van der Waals surface area contributed by atoms with Gasteiger partial charge in [-0.2, -0.15) is 0 Å². The Morgan fingerprint density at radius 2 is 1.60 bits per heavy atom. The van der Waals surface area contributed by atoms with E-state index in [0.717, 1.165) is 0 Å². The quantitative estimate of drug-likeness (QED) is 0.222. The molecule has 0 radical (unpaired) electrons. The van der Waals surface area contributed by atoms with Crippen LogP contribution in [0, 0.1) is 0 Å². The number of rotatable bonds is 12. The average molecular weight is 580 g/mol. The zero-order chi connectivity index (χ0) is 28.4. The Bertz CT molecular complexity index is 1320. The van der Waals surface area contributed by atoms with Gasteiger partial charge in [0.05, 0.1) is 35.5 Å². The first kappa shape index (κ1) is 33.0. The number of ether oxygens (including phenoxy) is 2. The summed E-state index contributed by atoms with van der Waals surface area (Å²) in [6, 6.07) is 15.8.